The van der Waals surface area contributed by atoms with Crippen LogP contribution in [0.4, 0.5) is 0 Å². The molecule has 0 N–H and O–H groups in total. The highest BCUT2D eigenvalue weighted by Gasteiger charge is 2.27. The van der Waals surface area contributed by atoms with E-state index in [9.17, 15) is 4.79 Å². The summed E-state index contributed by atoms with van der Waals surface area (Å²) < 4.78 is 0.662. The maximum Gasteiger partial charge on any atom is 0.255 e. The molecule has 2 heterocycles. The van der Waals surface area contributed by atoms with Gasteiger partial charge < -0.3 is 4.90 Å². The molecule has 1 amide bonds. The van der Waals surface area contributed by atoms with E-state index >= 15 is 0 Å². The Morgan fingerprint density at radius 1 is 1.61 bits per heavy atom. The zero-order valence-corrected chi connectivity index (χ0v) is 12.9. The number of aliphatic imine (C=N–C) groups is 1. The molecule has 0 radical (unpaired) electrons. The quantitative estimate of drug-likeness (QED) is 0.524. The molecule has 1 saturated heterocycles. The Labute approximate surface area is 122 Å². The molecule has 0 aromatic heterocycles. The van der Waals surface area contributed by atoms with Gasteiger partial charge in [-0.05, 0) is 32.1 Å². The highest BCUT2D eigenvalue weighted by molar-refractivity contribution is 14.1. The topological polar surface area (TPSA) is 32.7 Å². The summed E-state index contributed by atoms with van der Waals surface area (Å²) in [5.41, 5.74) is 1.44. The molecule has 18 heavy (non-hydrogen) atoms. The van der Waals surface area contributed by atoms with Crippen LogP contribution in [0, 0.1) is 5.92 Å². The second-order valence-corrected chi connectivity index (χ2v) is 6.75. The molecule has 1 unspecified atom stereocenters. The van der Waals surface area contributed by atoms with Gasteiger partial charge in [0.2, 0.25) is 0 Å². The molecule has 0 aliphatic carbocycles. The average Bonchev–Trinajstić information content (AvgIpc) is 2.48. The van der Waals surface area contributed by atoms with Crippen molar-refractivity contribution in [1.29, 1.82) is 0 Å². The summed E-state index contributed by atoms with van der Waals surface area (Å²) in [5, 5.41) is 0. The molecule has 0 spiro atoms. The molecular formula is C14H19IN2O. The summed E-state index contributed by atoms with van der Waals surface area (Å²) in [6, 6.07) is 0. The lowest BCUT2D eigenvalue weighted by molar-refractivity contribution is -0.127. The van der Waals surface area contributed by atoms with Crippen molar-refractivity contribution in [3.63, 3.8) is 0 Å². The van der Waals surface area contributed by atoms with E-state index in [0.717, 1.165) is 31.6 Å². The van der Waals surface area contributed by atoms with Crippen LogP contribution < -0.4 is 0 Å². The van der Waals surface area contributed by atoms with Gasteiger partial charge in [0.05, 0.1) is 5.57 Å². The predicted molar refractivity (Wildman–Crippen MR) is 83.1 cm³/mol. The number of hydrogen-bond acceptors (Lipinski definition) is 2. The van der Waals surface area contributed by atoms with Crippen molar-refractivity contribution in [3.05, 3.63) is 23.9 Å². The van der Waals surface area contributed by atoms with Gasteiger partial charge in [-0.15, -0.1) is 0 Å². The number of hydrogen-bond donors (Lipinski definition) is 0. The first-order chi connectivity index (χ1) is 8.61. The molecule has 0 aromatic rings. The van der Waals surface area contributed by atoms with Crippen LogP contribution >= 0.6 is 22.6 Å². The predicted octanol–water partition coefficient (Wildman–Crippen LogP) is 2.96. The van der Waals surface area contributed by atoms with Crippen LogP contribution in [0.3, 0.4) is 0 Å². The van der Waals surface area contributed by atoms with Crippen molar-refractivity contribution in [2.75, 3.05) is 13.1 Å². The van der Waals surface area contributed by atoms with Crippen molar-refractivity contribution < 1.29 is 4.79 Å². The fourth-order valence-electron chi connectivity index (χ4n) is 2.58. The van der Waals surface area contributed by atoms with Gasteiger partial charge in [0.25, 0.3) is 5.91 Å². The molecule has 2 atom stereocenters. The number of allylic oxidation sites excluding steroid dienone is 1. The first-order valence-electron chi connectivity index (χ1n) is 6.41. The Bertz CT molecular complexity index is 414. The summed E-state index contributed by atoms with van der Waals surface area (Å²) in [6.07, 6.45) is 6.84. The Morgan fingerprint density at radius 3 is 3.11 bits per heavy atom. The maximum absolute atomic E-state index is 12.5. The van der Waals surface area contributed by atoms with Gasteiger partial charge in [-0.1, -0.05) is 35.2 Å². The highest BCUT2D eigenvalue weighted by Crippen LogP contribution is 2.27. The van der Waals surface area contributed by atoms with Crippen LogP contribution in [0.1, 0.15) is 26.2 Å². The summed E-state index contributed by atoms with van der Waals surface area (Å²) in [4.78, 5) is 18.9. The number of rotatable bonds is 1. The standard InChI is InChI=1S/C14H19IN2O/c1-3-13-10(2)16-6-4-11-8-12(15)5-7-17(9-11)14(13)18/h3,6,11-12H,1,4-5,7-9H2,2H3/b13-10-,16-6?/t11-,12?/m1/s1. The number of fused-ring (bicyclic) bond motifs is 2. The van der Waals surface area contributed by atoms with Gasteiger partial charge in [0.15, 0.2) is 0 Å². The number of nitrogens with zero attached hydrogens (tertiary/aromatic N) is 2. The van der Waals surface area contributed by atoms with Gasteiger partial charge in [0, 0.05) is 28.9 Å². The molecule has 98 valence electrons. The molecule has 2 aliphatic rings. The normalized spacial score (nSPS) is 33.4. The highest BCUT2D eigenvalue weighted by atomic mass is 127. The Kier molecular flexibility index (Phi) is 4.59. The lowest BCUT2D eigenvalue weighted by Crippen LogP contribution is -2.35. The van der Waals surface area contributed by atoms with E-state index < -0.39 is 0 Å². The molecule has 1 fully saturated rings. The number of halogens is 1. The van der Waals surface area contributed by atoms with Gasteiger partial charge in [0.1, 0.15) is 0 Å². The summed E-state index contributed by atoms with van der Waals surface area (Å²) in [7, 11) is 0. The molecule has 2 bridgehead atoms. The van der Waals surface area contributed by atoms with E-state index in [0.29, 0.717) is 15.4 Å². The van der Waals surface area contributed by atoms with Crippen LogP contribution in [0.2, 0.25) is 0 Å². The maximum atomic E-state index is 12.5. The fourth-order valence-corrected chi connectivity index (χ4v) is 3.57. The lowest BCUT2D eigenvalue weighted by atomic mass is 10.0. The zero-order valence-electron chi connectivity index (χ0n) is 10.7. The van der Waals surface area contributed by atoms with Crippen LogP contribution in [0.15, 0.2) is 28.9 Å². The SMILES string of the molecule is C=C/C1=C(\C)N=CC[C@@H]2CC(I)CCN(C2)C1=O. The van der Waals surface area contributed by atoms with Gasteiger partial charge in [-0.25, -0.2) is 0 Å². The minimum absolute atomic E-state index is 0.0945. The number of amides is 1. The molecule has 4 heteroatoms. The first-order valence-corrected chi connectivity index (χ1v) is 7.65. The number of carbonyl (C=O) groups excluding carboxylic acids is 1. The number of alkyl halides is 1. The van der Waals surface area contributed by atoms with Crippen LogP contribution in [0.5, 0.6) is 0 Å². The molecule has 0 aromatic carbocycles. The number of carbonyl (C=O) groups is 1. The average molecular weight is 358 g/mol. The summed E-state index contributed by atoms with van der Waals surface area (Å²) in [6.45, 7) is 7.35. The molecular weight excluding hydrogens is 339 g/mol. The van der Waals surface area contributed by atoms with Crippen LogP contribution in [0.25, 0.3) is 0 Å². The van der Waals surface area contributed by atoms with E-state index in [1.165, 1.54) is 6.42 Å². The minimum atomic E-state index is 0.0945. The van der Waals surface area contributed by atoms with E-state index in [1.807, 2.05) is 18.0 Å². The van der Waals surface area contributed by atoms with E-state index in [2.05, 4.69) is 34.2 Å². The molecule has 2 aliphatic heterocycles. The summed E-state index contributed by atoms with van der Waals surface area (Å²) >= 11 is 2.50. The smallest absolute Gasteiger partial charge is 0.255 e. The van der Waals surface area contributed by atoms with E-state index in [4.69, 9.17) is 0 Å². The third kappa shape index (κ3) is 3.02. The Hall–Kier alpha value is -0.650. The Morgan fingerprint density at radius 2 is 2.39 bits per heavy atom. The van der Waals surface area contributed by atoms with Gasteiger partial charge in [-0.3, -0.25) is 9.79 Å². The van der Waals surface area contributed by atoms with Crippen LogP contribution in [-0.2, 0) is 4.79 Å². The summed E-state index contributed by atoms with van der Waals surface area (Å²) in [5.74, 6) is 0.635. The Balaban J connectivity index is 2.33. The zero-order chi connectivity index (χ0) is 13.1. The molecule has 2 rings (SSSR count). The van der Waals surface area contributed by atoms with E-state index in [1.54, 1.807) is 6.08 Å². The monoisotopic (exact) mass is 358 g/mol. The van der Waals surface area contributed by atoms with Crippen molar-refractivity contribution in [1.82, 2.24) is 4.90 Å². The van der Waals surface area contributed by atoms with Crippen molar-refractivity contribution >= 4 is 34.7 Å². The fraction of sp³-hybridized carbons (Fsp3) is 0.571. The van der Waals surface area contributed by atoms with Gasteiger partial charge in [-0.2, -0.15) is 0 Å². The molecule has 3 nitrogen and oxygen atoms in total. The lowest BCUT2D eigenvalue weighted by Gasteiger charge is -2.23. The van der Waals surface area contributed by atoms with Crippen LogP contribution in [-0.4, -0.2) is 34.0 Å². The van der Waals surface area contributed by atoms with Crippen molar-refractivity contribution in [2.45, 2.75) is 30.1 Å². The third-order valence-corrected chi connectivity index (χ3v) is 4.75. The first kappa shape index (κ1) is 13.8. The van der Waals surface area contributed by atoms with Crippen molar-refractivity contribution in [2.24, 2.45) is 10.9 Å². The van der Waals surface area contributed by atoms with Gasteiger partial charge >= 0.3 is 0 Å². The second kappa shape index (κ2) is 5.99. The van der Waals surface area contributed by atoms with E-state index in [-0.39, 0.29) is 5.91 Å². The van der Waals surface area contributed by atoms with Crippen molar-refractivity contribution in [3.8, 4) is 0 Å². The minimum Gasteiger partial charge on any atom is -0.338 e. The second-order valence-electron chi connectivity index (χ2n) is 4.99. The molecule has 0 saturated carbocycles. The largest absolute Gasteiger partial charge is 0.338 e. The third-order valence-electron chi connectivity index (χ3n) is 3.62.